The Bertz CT molecular complexity index is 809. The lowest BCUT2D eigenvalue weighted by molar-refractivity contribution is -0.150. The molecule has 1 heterocycles. The summed E-state index contributed by atoms with van der Waals surface area (Å²) in [6.07, 6.45) is 2.50. The smallest absolute Gasteiger partial charge is 0.308 e. The molecule has 1 aromatic rings. The van der Waals surface area contributed by atoms with Crippen molar-refractivity contribution in [2.24, 2.45) is 0 Å². The molecule has 1 fully saturated rings. The summed E-state index contributed by atoms with van der Waals surface area (Å²) in [6, 6.07) is 6.43. The van der Waals surface area contributed by atoms with Gasteiger partial charge in [-0.25, -0.2) is 0 Å². The third-order valence-corrected chi connectivity index (χ3v) is 4.44. The number of hydrogen-bond acceptors (Lipinski definition) is 6. The highest BCUT2D eigenvalue weighted by atomic mass is 32.1. The molecule has 0 aromatic heterocycles. The summed E-state index contributed by atoms with van der Waals surface area (Å²) in [5.41, 5.74) is 0.739. The Morgan fingerprint density at radius 2 is 2.10 bits per heavy atom. The number of ether oxygens (including phenoxy) is 2. The lowest BCUT2D eigenvalue weighted by Gasteiger charge is -2.36. The van der Waals surface area contributed by atoms with Gasteiger partial charge >= 0.3 is 5.97 Å². The standard InChI is InChI=1S/C20H25N3O5S/c1-13(2)28-18(25)12-15-19(26)21-10-11-23(15)20(29)22-17(24)9-8-14-6-4-5-7-16(14)27-3/h4-9,13,15H,10-12H2,1-3H3,(H,21,26)(H,22,24,29)/b9-8+/t15-/m1/s1. The molecule has 9 heteroatoms. The molecule has 0 aliphatic carbocycles. The highest BCUT2D eigenvalue weighted by molar-refractivity contribution is 7.80. The molecule has 0 spiro atoms. The number of para-hydroxylation sites is 1. The zero-order chi connectivity index (χ0) is 21.4. The second kappa shape index (κ2) is 10.6. The summed E-state index contributed by atoms with van der Waals surface area (Å²) in [5, 5.41) is 5.36. The fourth-order valence-corrected chi connectivity index (χ4v) is 3.14. The summed E-state index contributed by atoms with van der Waals surface area (Å²) in [7, 11) is 1.55. The SMILES string of the molecule is COc1ccccc1/C=C/C(=O)NC(=S)N1CCNC(=O)[C@H]1CC(=O)OC(C)C. The fourth-order valence-electron chi connectivity index (χ4n) is 2.82. The maximum Gasteiger partial charge on any atom is 0.308 e. The van der Waals surface area contributed by atoms with Crippen LogP contribution in [0.4, 0.5) is 0 Å². The van der Waals surface area contributed by atoms with E-state index in [1.165, 1.54) is 11.0 Å². The van der Waals surface area contributed by atoms with Gasteiger partial charge in [0.15, 0.2) is 5.11 Å². The lowest BCUT2D eigenvalue weighted by atomic mass is 10.1. The van der Waals surface area contributed by atoms with Crippen molar-refractivity contribution >= 4 is 41.2 Å². The number of piperazine rings is 1. The van der Waals surface area contributed by atoms with Gasteiger partial charge in [-0.3, -0.25) is 19.7 Å². The molecule has 0 radical (unpaired) electrons. The summed E-state index contributed by atoms with van der Waals surface area (Å²) in [4.78, 5) is 38.0. The zero-order valence-corrected chi connectivity index (χ0v) is 17.5. The van der Waals surface area contributed by atoms with Gasteiger partial charge in [0.25, 0.3) is 0 Å². The molecule has 1 aliphatic rings. The molecule has 0 unspecified atom stereocenters. The Morgan fingerprint density at radius 1 is 1.38 bits per heavy atom. The number of amides is 2. The largest absolute Gasteiger partial charge is 0.496 e. The number of nitrogens with one attached hydrogen (secondary N) is 2. The molecular weight excluding hydrogens is 394 g/mol. The molecule has 1 saturated heterocycles. The Labute approximate surface area is 175 Å². The van der Waals surface area contributed by atoms with E-state index < -0.39 is 17.9 Å². The van der Waals surface area contributed by atoms with E-state index in [2.05, 4.69) is 10.6 Å². The van der Waals surface area contributed by atoms with Gasteiger partial charge in [0.1, 0.15) is 11.8 Å². The van der Waals surface area contributed by atoms with Gasteiger partial charge < -0.3 is 19.7 Å². The first kappa shape index (κ1) is 22.4. The topological polar surface area (TPSA) is 97.0 Å². The minimum Gasteiger partial charge on any atom is -0.496 e. The van der Waals surface area contributed by atoms with Crippen LogP contribution in [0, 0.1) is 0 Å². The third kappa shape index (κ3) is 6.56. The number of thiocarbonyl (C=S) groups is 1. The van der Waals surface area contributed by atoms with E-state index >= 15 is 0 Å². The third-order valence-electron chi connectivity index (χ3n) is 4.10. The van der Waals surface area contributed by atoms with Gasteiger partial charge in [-0.15, -0.1) is 0 Å². The highest BCUT2D eigenvalue weighted by Crippen LogP contribution is 2.18. The van der Waals surface area contributed by atoms with Gasteiger partial charge in [-0.1, -0.05) is 18.2 Å². The van der Waals surface area contributed by atoms with Crippen LogP contribution in [0.25, 0.3) is 6.08 Å². The number of esters is 1. The lowest BCUT2D eigenvalue weighted by Crippen LogP contribution is -2.60. The van der Waals surface area contributed by atoms with E-state index in [-0.39, 0.29) is 23.5 Å². The van der Waals surface area contributed by atoms with Crippen molar-refractivity contribution in [1.82, 2.24) is 15.5 Å². The van der Waals surface area contributed by atoms with Crippen LogP contribution in [0.1, 0.15) is 25.8 Å². The van der Waals surface area contributed by atoms with E-state index in [0.29, 0.717) is 18.8 Å². The molecule has 2 rings (SSSR count). The molecule has 2 N–H and O–H groups in total. The van der Waals surface area contributed by atoms with Crippen molar-refractivity contribution in [3.05, 3.63) is 35.9 Å². The number of rotatable bonds is 6. The van der Waals surface area contributed by atoms with Crippen molar-refractivity contribution in [1.29, 1.82) is 0 Å². The van der Waals surface area contributed by atoms with Gasteiger partial charge in [0.2, 0.25) is 11.8 Å². The molecule has 1 aromatic carbocycles. The average Bonchev–Trinajstić information content (AvgIpc) is 2.67. The first-order valence-electron chi connectivity index (χ1n) is 9.21. The normalized spacial score (nSPS) is 16.5. The van der Waals surface area contributed by atoms with Gasteiger partial charge in [-0.05, 0) is 38.2 Å². The minimum absolute atomic E-state index is 0.0804. The molecule has 1 atom stereocenters. The fraction of sp³-hybridized carbons (Fsp3) is 0.400. The molecule has 0 saturated carbocycles. The second-order valence-corrected chi connectivity index (χ2v) is 7.00. The quantitative estimate of drug-likeness (QED) is 0.407. The van der Waals surface area contributed by atoms with E-state index in [1.54, 1.807) is 33.1 Å². The Hall–Kier alpha value is -2.94. The summed E-state index contributed by atoms with van der Waals surface area (Å²) in [5.74, 6) is -0.652. The van der Waals surface area contributed by atoms with E-state index in [1.807, 2.05) is 18.2 Å². The van der Waals surface area contributed by atoms with Crippen LogP contribution in [-0.2, 0) is 19.1 Å². The van der Waals surface area contributed by atoms with Crippen LogP contribution in [0.15, 0.2) is 30.3 Å². The Morgan fingerprint density at radius 3 is 2.79 bits per heavy atom. The number of hydrogen-bond donors (Lipinski definition) is 2. The molecule has 156 valence electrons. The molecule has 2 amide bonds. The summed E-state index contributed by atoms with van der Waals surface area (Å²) in [6.45, 7) is 4.20. The molecule has 8 nitrogen and oxygen atoms in total. The Balaban J connectivity index is 2.02. The second-order valence-electron chi connectivity index (χ2n) is 6.61. The monoisotopic (exact) mass is 419 g/mol. The van der Waals surface area contributed by atoms with Gasteiger partial charge in [-0.2, -0.15) is 0 Å². The number of carbonyl (C=O) groups excluding carboxylic acids is 3. The van der Waals surface area contributed by atoms with Crippen LogP contribution < -0.4 is 15.4 Å². The van der Waals surface area contributed by atoms with Crippen molar-refractivity contribution in [2.45, 2.75) is 32.4 Å². The first-order chi connectivity index (χ1) is 13.8. The number of nitrogens with zero attached hydrogens (tertiary/aromatic N) is 1. The predicted molar refractivity (Wildman–Crippen MR) is 112 cm³/mol. The van der Waals surface area contributed by atoms with Crippen LogP contribution in [-0.4, -0.2) is 60.1 Å². The zero-order valence-electron chi connectivity index (χ0n) is 16.6. The average molecular weight is 420 g/mol. The van der Waals surface area contributed by atoms with Crippen molar-refractivity contribution in [2.75, 3.05) is 20.2 Å². The number of carbonyl (C=O) groups is 3. The van der Waals surface area contributed by atoms with Crippen molar-refractivity contribution in [3.8, 4) is 5.75 Å². The van der Waals surface area contributed by atoms with E-state index in [4.69, 9.17) is 21.7 Å². The van der Waals surface area contributed by atoms with Crippen LogP contribution in [0.2, 0.25) is 0 Å². The number of methoxy groups -OCH3 is 1. The van der Waals surface area contributed by atoms with Gasteiger partial charge in [0, 0.05) is 24.7 Å². The van der Waals surface area contributed by atoms with Crippen LogP contribution >= 0.6 is 12.2 Å². The maximum absolute atomic E-state index is 12.3. The van der Waals surface area contributed by atoms with E-state index in [9.17, 15) is 14.4 Å². The van der Waals surface area contributed by atoms with Crippen LogP contribution in [0.3, 0.4) is 0 Å². The predicted octanol–water partition coefficient (Wildman–Crippen LogP) is 1.25. The Kier molecular flexibility index (Phi) is 8.14. The van der Waals surface area contributed by atoms with Crippen molar-refractivity contribution < 1.29 is 23.9 Å². The first-order valence-corrected chi connectivity index (χ1v) is 9.62. The van der Waals surface area contributed by atoms with Crippen molar-refractivity contribution in [3.63, 3.8) is 0 Å². The molecular formula is C20H25N3O5S. The summed E-state index contributed by atoms with van der Waals surface area (Å²) < 4.78 is 10.4. The maximum atomic E-state index is 12.3. The van der Waals surface area contributed by atoms with E-state index in [0.717, 1.165) is 5.56 Å². The number of benzene rings is 1. The van der Waals surface area contributed by atoms with Crippen LogP contribution in [0.5, 0.6) is 5.75 Å². The molecule has 29 heavy (non-hydrogen) atoms. The highest BCUT2D eigenvalue weighted by Gasteiger charge is 2.34. The van der Waals surface area contributed by atoms with Gasteiger partial charge in [0.05, 0.1) is 19.6 Å². The molecule has 1 aliphatic heterocycles. The molecule has 0 bridgehead atoms. The summed E-state index contributed by atoms with van der Waals surface area (Å²) >= 11 is 5.30. The minimum atomic E-state index is -0.832.